The van der Waals surface area contributed by atoms with Crippen molar-refractivity contribution >= 4 is 33.3 Å². The van der Waals surface area contributed by atoms with Crippen molar-refractivity contribution in [2.75, 3.05) is 13.2 Å². The highest BCUT2D eigenvalue weighted by Crippen LogP contribution is 2.49. The van der Waals surface area contributed by atoms with Gasteiger partial charge in [-0.3, -0.25) is 0 Å². The average Bonchev–Trinajstić information content (AvgIpc) is 2.97. The third kappa shape index (κ3) is 11.2. The van der Waals surface area contributed by atoms with Gasteiger partial charge in [-0.15, -0.1) is 0 Å². The highest BCUT2D eigenvalue weighted by Gasteiger charge is 2.55. The van der Waals surface area contributed by atoms with Crippen LogP contribution in [0.2, 0.25) is 68.0 Å². The zero-order chi connectivity index (χ0) is 40.8. The van der Waals surface area contributed by atoms with Crippen LogP contribution < -0.4 is 0 Å². The van der Waals surface area contributed by atoms with E-state index >= 15 is 0 Å². The van der Waals surface area contributed by atoms with E-state index in [1.54, 1.807) is 0 Å². The predicted octanol–water partition coefficient (Wildman–Crippen LogP) is 14.8. The molecule has 3 atom stereocenters. The van der Waals surface area contributed by atoms with Crippen molar-refractivity contribution in [2.24, 2.45) is 0 Å². The maximum atomic E-state index is 7.87. The third-order valence-corrected chi connectivity index (χ3v) is 36.5. The van der Waals surface area contributed by atoms with Crippen LogP contribution in [-0.4, -0.2) is 64.8 Å². The van der Waals surface area contributed by atoms with E-state index in [2.05, 4.69) is 165 Å². The average molecular weight is 802 g/mol. The van der Waals surface area contributed by atoms with Gasteiger partial charge in [0.2, 0.25) is 25.0 Å². The highest BCUT2D eigenvalue weighted by atomic mass is 28.4. The molecular weight excluding hydrogens is 709 g/mol. The summed E-state index contributed by atoms with van der Waals surface area (Å²) in [5.41, 5.74) is 4.28. The summed E-state index contributed by atoms with van der Waals surface area (Å²) in [5, 5.41) is 0.218. The third-order valence-electron chi connectivity index (χ3n) is 13.7. The van der Waals surface area contributed by atoms with E-state index in [-0.39, 0.29) is 23.4 Å². The molecule has 52 heavy (non-hydrogen) atoms. The molecule has 0 saturated carbocycles. The van der Waals surface area contributed by atoms with Gasteiger partial charge in [-0.2, -0.15) is 0 Å². The Morgan fingerprint density at radius 1 is 0.558 bits per heavy atom. The Morgan fingerprint density at radius 3 is 1.31 bits per heavy atom. The summed E-state index contributed by atoms with van der Waals surface area (Å²) in [6.07, 6.45) is 4.68. The summed E-state index contributed by atoms with van der Waals surface area (Å²) in [6, 6.07) is 0. The molecule has 9 heteroatoms. The van der Waals surface area contributed by atoms with Crippen LogP contribution in [-0.2, 0) is 22.4 Å². The summed E-state index contributed by atoms with van der Waals surface area (Å²) in [6.45, 7) is 56.1. The van der Waals surface area contributed by atoms with Gasteiger partial charge in [0.05, 0.1) is 18.5 Å². The number of hydrogen-bond acceptors (Lipinski definition) is 5. The maximum absolute atomic E-state index is 7.87. The molecule has 310 valence electrons. The summed E-state index contributed by atoms with van der Waals surface area (Å²) in [5.74, 6) is 1.06. The van der Waals surface area contributed by atoms with Gasteiger partial charge in [-0.1, -0.05) is 145 Å². The molecule has 1 aliphatic rings. The van der Waals surface area contributed by atoms with Crippen LogP contribution >= 0.6 is 0 Å². The Balaban J connectivity index is 3.90. The van der Waals surface area contributed by atoms with Crippen LogP contribution in [0.1, 0.15) is 165 Å². The molecule has 0 aromatic heterocycles. The van der Waals surface area contributed by atoms with Gasteiger partial charge in [0.25, 0.3) is 0 Å². The number of ether oxygens (including phenoxy) is 1. The Labute approximate surface area is 330 Å². The zero-order valence-electron chi connectivity index (χ0n) is 39.1. The van der Waals surface area contributed by atoms with Crippen molar-refractivity contribution in [2.45, 2.75) is 251 Å². The number of allylic oxidation sites excluding steroid dienone is 1. The molecule has 5 nitrogen and oxygen atoms in total. The topological polar surface area (TPSA) is 46.2 Å². The Bertz CT molecular complexity index is 1010. The first-order valence-corrected chi connectivity index (χ1v) is 30.9. The van der Waals surface area contributed by atoms with E-state index < -0.39 is 33.3 Å². The lowest BCUT2D eigenvalue weighted by molar-refractivity contribution is -0.0829. The van der Waals surface area contributed by atoms with Crippen molar-refractivity contribution in [3.8, 4) is 0 Å². The van der Waals surface area contributed by atoms with Crippen molar-refractivity contribution in [3.63, 3.8) is 0 Å². The van der Waals surface area contributed by atoms with Crippen molar-refractivity contribution in [3.05, 3.63) is 11.8 Å². The molecule has 0 radical (unpaired) electrons. The second-order valence-electron chi connectivity index (χ2n) is 20.8. The van der Waals surface area contributed by atoms with Crippen molar-refractivity contribution < 1.29 is 22.4 Å². The second kappa shape index (κ2) is 20.1. The van der Waals surface area contributed by atoms with Crippen LogP contribution in [0.5, 0.6) is 0 Å². The molecule has 1 rings (SSSR count). The Kier molecular flexibility index (Phi) is 19.4. The lowest BCUT2D eigenvalue weighted by Crippen LogP contribution is -2.61. The molecule has 0 aliphatic carbocycles. The van der Waals surface area contributed by atoms with Gasteiger partial charge in [0.1, 0.15) is 12.2 Å². The van der Waals surface area contributed by atoms with Gasteiger partial charge < -0.3 is 22.4 Å². The molecule has 0 spiro atoms. The molecule has 0 aromatic rings. The van der Waals surface area contributed by atoms with Gasteiger partial charge in [-0.25, -0.2) is 0 Å². The number of rotatable bonds is 22. The highest BCUT2D eigenvalue weighted by molar-refractivity contribution is 6.79. The summed E-state index contributed by atoms with van der Waals surface area (Å²) in [7, 11) is -8.55. The zero-order valence-corrected chi connectivity index (χ0v) is 43.1. The lowest BCUT2D eigenvalue weighted by Gasteiger charge is -2.52. The SMILES string of the molecule is CC(C)[Si](OC[C@H]1OC(CCCCO[Si](C)(C)C(C)(C)C)=C[C@@H](O[Si](C(C)C)(C(C)C)C(C)C)[C@@H]1O[Si](C(C)C)(C(C)C)C(C)C)(C(C)C)C(C)C. The first kappa shape index (κ1) is 50.3. The fourth-order valence-corrected chi connectivity index (χ4v) is 27.9. The minimum Gasteiger partial charge on any atom is -0.490 e. The van der Waals surface area contributed by atoms with Gasteiger partial charge in [0, 0.05) is 13.0 Å². The molecule has 1 aliphatic heterocycles. The Hall–Kier alpha value is 0.248. The summed E-state index contributed by atoms with van der Waals surface area (Å²) in [4.78, 5) is 0. The molecule has 1 heterocycles. The van der Waals surface area contributed by atoms with Crippen LogP contribution in [0, 0.1) is 0 Å². The van der Waals surface area contributed by atoms with E-state index in [0.29, 0.717) is 56.5 Å². The largest absolute Gasteiger partial charge is 0.490 e. The van der Waals surface area contributed by atoms with Crippen molar-refractivity contribution in [1.82, 2.24) is 0 Å². The molecule has 0 aromatic carbocycles. The quantitative estimate of drug-likeness (QED) is 0.0806. The standard InChI is InChI=1S/C43H92O5Si4/c1-30(2)50(31(3)4,32(5)6)45-29-41-42(48-52(36(13)14,37(15)16)38(17)18)40(47-51(33(7)8,34(9)10)35(11)12)28-39(46-41)26-24-25-27-44-49(22,23)43(19,20)21/h28,30-38,40-42H,24-27,29H2,1-23H3/t40-,41-,42+/m1/s1. The van der Waals surface area contributed by atoms with Crippen LogP contribution in [0.15, 0.2) is 11.8 Å². The minimum absolute atomic E-state index is 0.170. The number of hydrogen-bond donors (Lipinski definition) is 0. The second-order valence-corrected chi connectivity index (χ2v) is 41.9. The predicted molar refractivity (Wildman–Crippen MR) is 239 cm³/mol. The van der Waals surface area contributed by atoms with Crippen molar-refractivity contribution in [1.29, 1.82) is 0 Å². The first-order chi connectivity index (χ1) is 23.6. The normalized spacial score (nSPS) is 20.2. The molecular formula is C43H92O5Si4. The van der Waals surface area contributed by atoms with Crippen LogP contribution in [0.4, 0.5) is 0 Å². The smallest absolute Gasteiger partial charge is 0.201 e. The summed E-state index contributed by atoms with van der Waals surface area (Å²) >= 11 is 0. The Morgan fingerprint density at radius 2 is 0.942 bits per heavy atom. The number of unbranched alkanes of at least 4 members (excludes halogenated alkanes) is 1. The van der Waals surface area contributed by atoms with E-state index in [1.165, 1.54) is 0 Å². The minimum atomic E-state index is -2.32. The molecule has 0 amide bonds. The molecule has 0 unspecified atom stereocenters. The van der Waals surface area contributed by atoms with Crippen LogP contribution in [0.3, 0.4) is 0 Å². The first-order valence-electron chi connectivity index (χ1n) is 21.6. The van der Waals surface area contributed by atoms with Gasteiger partial charge >= 0.3 is 0 Å². The van der Waals surface area contributed by atoms with E-state index in [4.69, 9.17) is 22.4 Å². The van der Waals surface area contributed by atoms with Gasteiger partial charge in [-0.05, 0) is 86.9 Å². The lowest BCUT2D eigenvalue weighted by atomic mass is 10.0. The van der Waals surface area contributed by atoms with Gasteiger partial charge in [0.15, 0.2) is 8.32 Å². The maximum Gasteiger partial charge on any atom is 0.201 e. The summed E-state index contributed by atoms with van der Waals surface area (Å²) < 4.78 is 36.9. The molecule has 0 saturated heterocycles. The fraction of sp³-hybridized carbons (Fsp3) is 0.953. The monoisotopic (exact) mass is 801 g/mol. The van der Waals surface area contributed by atoms with E-state index in [1.807, 2.05) is 0 Å². The molecule has 0 N–H and O–H groups in total. The fourth-order valence-electron chi connectivity index (χ4n) is 10.3. The van der Waals surface area contributed by atoms with Crippen LogP contribution in [0.25, 0.3) is 0 Å². The van der Waals surface area contributed by atoms with E-state index in [0.717, 1.165) is 31.6 Å². The molecule has 0 fully saturated rings. The molecule has 0 bridgehead atoms. The van der Waals surface area contributed by atoms with E-state index in [9.17, 15) is 0 Å².